The molecule has 24 heavy (non-hydrogen) atoms. The van der Waals surface area contributed by atoms with Crippen LogP contribution in [0.4, 0.5) is 0 Å². The molecule has 1 aromatic rings. The van der Waals surface area contributed by atoms with E-state index in [1.54, 1.807) is 0 Å². The lowest BCUT2D eigenvalue weighted by Gasteiger charge is -2.41. The van der Waals surface area contributed by atoms with Gasteiger partial charge >= 0.3 is 0 Å². The van der Waals surface area contributed by atoms with Crippen LogP contribution in [0, 0.1) is 0 Å². The molecule has 1 aliphatic heterocycles. The number of nitrogens with one attached hydrogen (secondary N) is 1. The molecule has 0 saturated carbocycles. The zero-order chi connectivity index (χ0) is 17.2. The van der Waals surface area contributed by atoms with Gasteiger partial charge in [0.25, 0.3) is 0 Å². The zero-order valence-electron chi connectivity index (χ0n) is 15.2. The summed E-state index contributed by atoms with van der Waals surface area (Å²) in [6.45, 7) is 8.97. The fourth-order valence-corrected chi connectivity index (χ4v) is 3.75. The second kappa shape index (κ2) is 7.24. The molecular weight excluding hydrogens is 300 g/mol. The molecule has 0 bridgehead atoms. The topological polar surface area (TPSA) is 41.6 Å². The molecule has 1 amide bonds. The van der Waals surface area contributed by atoms with Crippen molar-refractivity contribution in [3.63, 3.8) is 0 Å². The highest BCUT2D eigenvalue weighted by Crippen LogP contribution is 2.25. The molecule has 2 aliphatic rings. The lowest BCUT2D eigenvalue weighted by atomic mass is 9.89. The number of benzene rings is 1. The van der Waals surface area contributed by atoms with Crippen molar-refractivity contribution in [1.82, 2.24) is 10.2 Å². The Morgan fingerprint density at radius 2 is 2.04 bits per heavy atom. The molecule has 1 N–H and O–H groups in total. The van der Waals surface area contributed by atoms with E-state index >= 15 is 0 Å². The highest BCUT2D eigenvalue weighted by Gasteiger charge is 2.31. The Labute approximate surface area is 145 Å². The fraction of sp³-hybridized carbons (Fsp3) is 0.650. The van der Waals surface area contributed by atoms with Crippen molar-refractivity contribution in [1.29, 1.82) is 0 Å². The minimum atomic E-state index is -0.0787. The number of ether oxygens (including phenoxy) is 1. The van der Waals surface area contributed by atoms with Crippen LogP contribution < -0.4 is 5.32 Å². The predicted octanol–water partition coefficient (Wildman–Crippen LogP) is 2.85. The van der Waals surface area contributed by atoms with Crippen molar-refractivity contribution < 1.29 is 9.53 Å². The Hall–Kier alpha value is -1.39. The minimum absolute atomic E-state index is 0.0499. The normalized spacial score (nSPS) is 21.8. The second-order valence-electron chi connectivity index (χ2n) is 7.81. The van der Waals surface area contributed by atoms with Crippen molar-refractivity contribution in [2.24, 2.45) is 0 Å². The maximum absolute atomic E-state index is 12.5. The summed E-state index contributed by atoms with van der Waals surface area (Å²) in [6, 6.07) is 6.76. The summed E-state index contributed by atoms with van der Waals surface area (Å²) in [6.07, 6.45) is 4.95. The van der Waals surface area contributed by atoms with Crippen LogP contribution in [-0.4, -0.2) is 42.6 Å². The number of aryl methyl sites for hydroxylation is 2. The monoisotopic (exact) mass is 330 g/mol. The Morgan fingerprint density at radius 3 is 2.79 bits per heavy atom. The van der Waals surface area contributed by atoms with Crippen molar-refractivity contribution in [3.8, 4) is 0 Å². The number of hydrogen-bond acceptors (Lipinski definition) is 3. The third-order valence-corrected chi connectivity index (χ3v) is 5.40. The van der Waals surface area contributed by atoms with E-state index in [1.807, 2.05) is 0 Å². The van der Waals surface area contributed by atoms with Crippen LogP contribution in [0.15, 0.2) is 18.2 Å². The molecule has 1 atom stereocenters. The molecule has 1 fully saturated rings. The van der Waals surface area contributed by atoms with Crippen molar-refractivity contribution in [2.75, 3.05) is 26.3 Å². The Morgan fingerprint density at radius 1 is 1.29 bits per heavy atom. The molecule has 1 saturated heterocycles. The Balaban J connectivity index is 1.60. The first-order valence-corrected chi connectivity index (χ1v) is 9.19. The highest BCUT2D eigenvalue weighted by molar-refractivity contribution is 5.78. The average molecular weight is 330 g/mol. The lowest BCUT2D eigenvalue weighted by Crippen LogP contribution is -2.55. The van der Waals surface area contributed by atoms with Gasteiger partial charge in [-0.25, -0.2) is 0 Å². The molecular formula is C20H30N2O2. The maximum Gasteiger partial charge on any atom is 0.234 e. The van der Waals surface area contributed by atoms with Gasteiger partial charge in [0.15, 0.2) is 0 Å². The van der Waals surface area contributed by atoms with Crippen LogP contribution in [0.3, 0.4) is 0 Å². The largest absolute Gasteiger partial charge is 0.378 e. The average Bonchev–Trinajstić information content (AvgIpc) is 2.56. The molecule has 1 aromatic carbocycles. The number of fused-ring (bicyclic) bond motifs is 1. The third-order valence-electron chi connectivity index (χ3n) is 5.40. The summed E-state index contributed by atoms with van der Waals surface area (Å²) in [5, 5.41) is 3.17. The number of morpholine rings is 1. The zero-order valence-corrected chi connectivity index (χ0v) is 15.2. The SMILES string of the molecule is CC(NC(=O)CN1CCOCC1(C)C)c1ccc2c(c1)CCCC2. The first-order chi connectivity index (χ1) is 11.5. The van der Waals surface area contributed by atoms with Crippen LogP contribution in [0.25, 0.3) is 0 Å². The van der Waals surface area contributed by atoms with Crippen LogP contribution in [0.2, 0.25) is 0 Å². The van der Waals surface area contributed by atoms with Crippen LogP contribution in [0.5, 0.6) is 0 Å². The van der Waals surface area contributed by atoms with E-state index in [-0.39, 0.29) is 17.5 Å². The van der Waals surface area contributed by atoms with E-state index in [2.05, 4.69) is 49.2 Å². The van der Waals surface area contributed by atoms with Gasteiger partial charge in [-0.1, -0.05) is 18.2 Å². The van der Waals surface area contributed by atoms with Crippen LogP contribution in [-0.2, 0) is 22.4 Å². The summed E-state index contributed by atoms with van der Waals surface area (Å²) in [5.41, 5.74) is 4.09. The van der Waals surface area contributed by atoms with E-state index in [1.165, 1.54) is 42.4 Å². The van der Waals surface area contributed by atoms with Gasteiger partial charge in [0.2, 0.25) is 5.91 Å². The number of amides is 1. The standard InChI is InChI=1S/C20H30N2O2/c1-15(17-9-8-16-6-4-5-7-18(16)12-17)21-19(23)13-22-10-11-24-14-20(22,2)3/h8-9,12,15H,4-7,10-11,13-14H2,1-3H3,(H,21,23). The van der Waals surface area contributed by atoms with Gasteiger partial charge in [-0.2, -0.15) is 0 Å². The summed E-state index contributed by atoms with van der Waals surface area (Å²) >= 11 is 0. The summed E-state index contributed by atoms with van der Waals surface area (Å²) in [5.74, 6) is 0.0928. The Kier molecular flexibility index (Phi) is 5.26. The molecule has 0 spiro atoms. The van der Waals surface area contributed by atoms with E-state index in [0.717, 1.165) is 6.54 Å². The van der Waals surface area contributed by atoms with Crippen molar-refractivity contribution in [2.45, 2.75) is 58.0 Å². The molecule has 3 rings (SSSR count). The van der Waals surface area contributed by atoms with Gasteiger partial charge < -0.3 is 10.1 Å². The second-order valence-corrected chi connectivity index (χ2v) is 7.81. The Bertz CT molecular complexity index is 597. The van der Waals surface area contributed by atoms with E-state index in [4.69, 9.17) is 4.74 Å². The lowest BCUT2D eigenvalue weighted by molar-refractivity contribution is -0.127. The summed E-state index contributed by atoms with van der Waals surface area (Å²) < 4.78 is 5.53. The molecule has 1 aliphatic carbocycles. The van der Waals surface area contributed by atoms with Crippen LogP contribution in [0.1, 0.15) is 56.3 Å². The third kappa shape index (κ3) is 3.98. The molecule has 0 aromatic heterocycles. The minimum Gasteiger partial charge on any atom is -0.378 e. The molecule has 1 heterocycles. The smallest absolute Gasteiger partial charge is 0.234 e. The quantitative estimate of drug-likeness (QED) is 0.923. The molecule has 0 radical (unpaired) electrons. The van der Waals surface area contributed by atoms with Gasteiger partial charge in [-0.05, 0) is 63.1 Å². The van der Waals surface area contributed by atoms with Gasteiger partial charge in [-0.3, -0.25) is 9.69 Å². The number of rotatable bonds is 4. The first-order valence-electron chi connectivity index (χ1n) is 9.19. The van der Waals surface area contributed by atoms with E-state index in [9.17, 15) is 4.79 Å². The van der Waals surface area contributed by atoms with Crippen molar-refractivity contribution >= 4 is 5.91 Å². The summed E-state index contributed by atoms with van der Waals surface area (Å²) in [7, 11) is 0. The summed E-state index contributed by atoms with van der Waals surface area (Å²) in [4.78, 5) is 14.7. The van der Waals surface area contributed by atoms with E-state index < -0.39 is 0 Å². The van der Waals surface area contributed by atoms with Crippen LogP contribution >= 0.6 is 0 Å². The van der Waals surface area contributed by atoms with Gasteiger partial charge in [0, 0.05) is 12.1 Å². The highest BCUT2D eigenvalue weighted by atomic mass is 16.5. The maximum atomic E-state index is 12.5. The molecule has 4 heteroatoms. The van der Waals surface area contributed by atoms with Gasteiger partial charge in [0.1, 0.15) is 0 Å². The fourth-order valence-electron chi connectivity index (χ4n) is 3.75. The van der Waals surface area contributed by atoms with Gasteiger partial charge in [-0.15, -0.1) is 0 Å². The molecule has 4 nitrogen and oxygen atoms in total. The molecule has 1 unspecified atom stereocenters. The number of carbonyl (C=O) groups excluding carboxylic acids is 1. The number of carbonyl (C=O) groups is 1. The van der Waals surface area contributed by atoms with Gasteiger partial charge in [0.05, 0.1) is 25.8 Å². The molecule has 132 valence electrons. The first kappa shape index (κ1) is 17.4. The predicted molar refractivity (Wildman–Crippen MR) is 96.1 cm³/mol. The van der Waals surface area contributed by atoms with Crippen molar-refractivity contribution in [3.05, 3.63) is 34.9 Å². The number of hydrogen-bond donors (Lipinski definition) is 1. The number of nitrogens with zero attached hydrogens (tertiary/aromatic N) is 1. The van der Waals surface area contributed by atoms with E-state index in [0.29, 0.717) is 19.8 Å².